The van der Waals surface area contributed by atoms with Crippen LogP contribution < -0.4 is 11.1 Å². The maximum absolute atomic E-state index is 13.1. The van der Waals surface area contributed by atoms with Gasteiger partial charge >= 0.3 is 0 Å². The quantitative estimate of drug-likeness (QED) is 0.816. The molecule has 0 amide bonds. The minimum Gasteiger partial charge on any atom is -0.397 e. The van der Waals surface area contributed by atoms with Gasteiger partial charge in [0.05, 0.1) is 16.4 Å². The predicted octanol–water partition coefficient (Wildman–Crippen LogP) is 3.67. The molecule has 0 fully saturated rings. The van der Waals surface area contributed by atoms with E-state index in [2.05, 4.69) is 5.32 Å². The molecular formula is C13H12ClFN2. The fourth-order valence-electron chi connectivity index (χ4n) is 1.51. The van der Waals surface area contributed by atoms with Crippen LogP contribution in [0.5, 0.6) is 0 Å². The van der Waals surface area contributed by atoms with Gasteiger partial charge in [0.15, 0.2) is 0 Å². The summed E-state index contributed by atoms with van der Waals surface area (Å²) in [5, 5.41) is 3.19. The zero-order chi connectivity index (χ0) is 12.3. The van der Waals surface area contributed by atoms with Crippen LogP contribution in [0.1, 0.15) is 5.56 Å². The van der Waals surface area contributed by atoms with Crippen LogP contribution in [-0.2, 0) is 6.54 Å². The van der Waals surface area contributed by atoms with Crippen LogP contribution in [0.3, 0.4) is 0 Å². The van der Waals surface area contributed by atoms with E-state index in [1.54, 1.807) is 0 Å². The second-order valence-electron chi connectivity index (χ2n) is 3.69. The van der Waals surface area contributed by atoms with E-state index in [-0.39, 0.29) is 5.02 Å². The molecule has 2 rings (SSSR count). The van der Waals surface area contributed by atoms with Crippen molar-refractivity contribution < 1.29 is 4.39 Å². The van der Waals surface area contributed by atoms with Gasteiger partial charge in [-0.15, -0.1) is 0 Å². The lowest BCUT2D eigenvalue weighted by Gasteiger charge is -2.10. The standard InChI is InChI=1S/C13H12ClFN2/c14-10-6-13(12(16)7-11(10)15)17-8-9-4-2-1-3-5-9/h1-7,17H,8,16H2. The molecule has 0 unspecified atom stereocenters. The number of halogens is 2. The summed E-state index contributed by atoms with van der Waals surface area (Å²) in [4.78, 5) is 0. The van der Waals surface area contributed by atoms with Crippen molar-refractivity contribution in [2.75, 3.05) is 11.1 Å². The maximum Gasteiger partial charge on any atom is 0.143 e. The number of hydrogen-bond donors (Lipinski definition) is 2. The van der Waals surface area contributed by atoms with Crippen molar-refractivity contribution >= 4 is 23.0 Å². The first-order valence-electron chi connectivity index (χ1n) is 5.19. The molecule has 2 aromatic rings. The lowest BCUT2D eigenvalue weighted by atomic mass is 10.2. The lowest BCUT2D eigenvalue weighted by molar-refractivity contribution is 0.629. The number of nitrogens with two attached hydrogens (primary N) is 1. The van der Waals surface area contributed by atoms with Gasteiger partial charge in [-0.2, -0.15) is 0 Å². The van der Waals surface area contributed by atoms with Crippen molar-refractivity contribution in [3.8, 4) is 0 Å². The van der Waals surface area contributed by atoms with Gasteiger partial charge in [0.1, 0.15) is 5.82 Å². The summed E-state index contributed by atoms with van der Waals surface area (Å²) in [5.41, 5.74) is 7.80. The number of anilines is 2. The van der Waals surface area contributed by atoms with E-state index in [1.165, 1.54) is 12.1 Å². The van der Waals surface area contributed by atoms with Gasteiger partial charge in [0.25, 0.3) is 0 Å². The number of nitrogens with one attached hydrogen (secondary N) is 1. The maximum atomic E-state index is 13.1. The fraction of sp³-hybridized carbons (Fsp3) is 0.0769. The average Bonchev–Trinajstić information content (AvgIpc) is 2.33. The molecule has 88 valence electrons. The summed E-state index contributed by atoms with van der Waals surface area (Å²) in [6, 6.07) is 12.6. The first kappa shape index (κ1) is 11.7. The van der Waals surface area contributed by atoms with Gasteiger partial charge in [-0.3, -0.25) is 0 Å². The number of hydrogen-bond acceptors (Lipinski definition) is 2. The topological polar surface area (TPSA) is 38.0 Å². The van der Waals surface area contributed by atoms with Crippen molar-refractivity contribution in [2.45, 2.75) is 6.54 Å². The molecule has 0 aliphatic carbocycles. The molecular weight excluding hydrogens is 239 g/mol. The van der Waals surface area contributed by atoms with Gasteiger partial charge in [-0.05, 0) is 11.6 Å². The lowest BCUT2D eigenvalue weighted by Crippen LogP contribution is -2.03. The van der Waals surface area contributed by atoms with Gasteiger partial charge in [0.2, 0.25) is 0 Å². The van der Waals surface area contributed by atoms with Crippen LogP contribution in [0.25, 0.3) is 0 Å². The third-order valence-electron chi connectivity index (χ3n) is 2.42. The Bertz CT molecular complexity index is 514. The van der Waals surface area contributed by atoms with Gasteiger partial charge in [-0.1, -0.05) is 41.9 Å². The molecule has 3 N–H and O–H groups in total. The molecule has 0 spiro atoms. The van der Waals surface area contributed by atoms with Gasteiger partial charge < -0.3 is 11.1 Å². The largest absolute Gasteiger partial charge is 0.397 e. The molecule has 2 nitrogen and oxygen atoms in total. The van der Waals surface area contributed by atoms with E-state index in [9.17, 15) is 4.39 Å². The first-order chi connectivity index (χ1) is 8.16. The second-order valence-corrected chi connectivity index (χ2v) is 4.10. The summed E-state index contributed by atoms with van der Waals surface area (Å²) in [7, 11) is 0. The highest BCUT2D eigenvalue weighted by atomic mass is 35.5. The smallest absolute Gasteiger partial charge is 0.143 e. The van der Waals surface area contributed by atoms with Crippen molar-refractivity contribution in [3.05, 3.63) is 58.9 Å². The highest BCUT2D eigenvalue weighted by Gasteiger charge is 2.05. The zero-order valence-corrected chi connectivity index (χ0v) is 9.84. The Morgan fingerprint density at radius 1 is 1.18 bits per heavy atom. The van der Waals surface area contributed by atoms with Crippen LogP contribution in [0.4, 0.5) is 15.8 Å². The molecule has 0 aromatic heterocycles. The third kappa shape index (κ3) is 2.88. The molecule has 2 aromatic carbocycles. The summed E-state index contributed by atoms with van der Waals surface area (Å²) < 4.78 is 13.1. The molecule has 0 saturated heterocycles. The molecule has 0 heterocycles. The summed E-state index contributed by atoms with van der Waals surface area (Å²) in [5.74, 6) is -0.505. The monoisotopic (exact) mass is 250 g/mol. The van der Waals surface area contributed by atoms with Crippen molar-refractivity contribution in [1.82, 2.24) is 0 Å². The third-order valence-corrected chi connectivity index (χ3v) is 2.71. The van der Waals surface area contributed by atoms with E-state index < -0.39 is 5.82 Å². The highest BCUT2D eigenvalue weighted by molar-refractivity contribution is 6.31. The molecule has 0 radical (unpaired) electrons. The molecule has 0 atom stereocenters. The molecule has 4 heteroatoms. The minimum absolute atomic E-state index is 0.0646. The Morgan fingerprint density at radius 3 is 2.59 bits per heavy atom. The van der Waals surface area contributed by atoms with Gasteiger partial charge in [-0.25, -0.2) is 4.39 Å². The average molecular weight is 251 g/mol. The Morgan fingerprint density at radius 2 is 1.88 bits per heavy atom. The van der Waals surface area contributed by atoms with Crippen molar-refractivity contribution in [2.24, 2.45) is 0 Å². The van der Waals surface area contributed by atoms with E-state index in [0.29, 0.717) is 17.9 Å². The number of nitrogen functional groups attached to an aromatic ring is 1. The van der Waals surface area contributed by atoms with Crippen LogP contribution in [-0.4, -0.2) is 0 Å². The Hall–Kier alpha value is -1.74. The van der Waals surface area contributed by atoms with Crippen LogP contribution in [0.2, 0.25) is 5.02 Å². The van der Waals surface area contributed by atoms with Crippen LogP contribution >= 0.6 is 11.6 Å². The molecule has 0 saturated carbocycles. The predicted molar refractivity (Wildman–Crippen MR) is 69.6 cm³/mol. The van der Waals surface area contributed by atoms with Crippen molar-refractivity contribution in [1.29, 1.82) is 0 Å². The van der Waals surface area contributed by atoms with E-state index in [0.717, 1.165) is 5.56 Å². The van der Waals surface area contributed by atoms with Crippen LogP contribution in [0, 0.1) is 5.82 Å². The Labute approximate surface area is 104 Å². The Kier molecular flexibility index (Phi) is 3.49. The Balaban J connectivity index is 2.12. The first-order valence-corrected chi connectivity index (χ1v) is 5.57. The molecule has 0 aliphatic heterocycles. The summed E-state index contributed by atoms with van der Waals surface area (Å²) in [6.07, 6.45) is 0. The van der Waals surface area contributed by atoms with Gasteiger partial charge in [0, 0.05) is 12.6 Å². The summed E-state index contributed by atoms with van der Waals surface area (Å²) >= 11 is 5.70. The minimum atomic E-state index is -0.505. The van der Waals surface area contributed by atoms with Crippen molar-refractivity contribution in [3.63, 3.8) is 0 Å². The van der Waals surface area contributed by atoms with E-state index >= 15 is 0 Å². The second kappa shape index (κ2) is 5.06. The van der Waals surface area contributed by atoms with E-state index in [1.807, 2.05) is 30.3 Å². The zero-order valence-electron chi connectivity index (χ0n) is 9.08. The molecule has 17 heavy (non-hydrogen) atoms. The number of benzene rings is 2. The number of rotatable bonds is 3. The molecule has 0 bridgehead atoms. The summed E-state index contributed by atoms with van der Waals surface area (Å²) in [6.45, 7) is 0.618. The van der Waals surface area contributed by atoms with E-state index in [4.69, 9.17) is 17.3 Å². The van der Waals surface area contributed by atoms with Crippen LogP contribution in [0.15, 0.2) is 42.5 Å². The highest BCUT2D eigenvalue weighted by Crippen LogP contribution is 2.26. The normalized spacial score (nSPS) is 10.2. The SMILES string of the molecule is Nc1cc(F)c(Cl)cc1NCc1ccccc1. The fourth-order valence-corrected chi connectivity index (χ4v) is 1.67. The molecule has 0 aliphatic rings.